The van der Waals surface area contributed by atoms with Crippen molar-refractivity contribution in [3.63, 3.8) is 0 Å². The third-order valence-electron chi connectivity index (χ3n) is 2.65. The van der Waals surface area contributed by atoms with E-state index in [-0.39, 0.29) is 12.4 Å². The monoisotopic (exact) mass is 297 g/mol. The van der Waals surface area contributed by atoms with Crippen molar-refractivity contribution in [2.45, 2.75) is 38.2 Å². The highest BCUT2D eigenvalue weighted by molar-refractivity contribution is 7.13. The maximum Gasteiger partial charge on any atom is 0.330 e. The Balaban J connectivity index is 1.92. The Hall–Kier alpha value is -1.02. The smallest absolute Gasteiger partial charge is 0.330 e. The fraction of sp³-hybridized carbons (Fsp3) is 0.636. The molecule has 0 bridgehead atoms. The number of halogens is 4. The van der Waals surface area contributed by atoms with Gasteiger partial charge in [0.25, 0.3) is 0 Å². The highest BCUT2D eigenvalue weighted by Gasteiger charge is 2.41. The lowest BCUT2D eigenvalue weighted by Crippen LogP contribution is -2.32. The van der Waals surface area contributed by atoms with Crippen LogP contribution in [-0.2, 0) is 17.8 Å². The van der Waals surface area contributed by atoms with Gasteiger partial charge in [0.05, 0.1) is 17.2 Å². The zero-order valence-corrected chi connectivity index (χ0v) is 10.6. The Morgan fingerprint density at radius 1 is 1.37 bits per heavy atom. The summed E-state index contributed by atoms with van der Waals surface area (Å²) in [5, 5.41) is 0.366. The van der Waals surface area contributed by atoms with E-state index in [4.69, 9.17) is 0 Å². The van der Waals surface area contributed by atoms with Gasteiger partial charge < -0.3 is 4.74 Å². The third kappa shape index (κ3) is 3.30. The summed E-state index contributed by atoms with van der Waals surface area (Å²) >= 11 is 1.08. The Morgan fingerprint density at radius 3 is 2.74 bits per heavy atom. The second kappa shape index (κ2) is 5.54. The van der Waals surface area contributed by atoms with Gasteiger partial charge in [-0.15, -0.1) is 11.3 Å². The number of nitrogens with zero attached hydrogens (tertiary/aromatic N) is 1. The number of aryl methyl sites for hydroxylation is 1. The number of fused-ring (bicyclic) bond motifs is 1. The normalized spacial score (nSPS) is 15.9. The second-order valence-electron chi connectivity index (χ2n) is 4.21. The molecule has 1 aliphatic carbocycles. The van der Waals surface area contributed by atoms with Gasteiger partial charge in [-0.05, 0) is 12.8 Å². The van der Waals surface area contributed by atoms with E-state index >= 15 is 0 Å². The van der Waals surface area contributed by atoms with Crippen molar-refractivity contribution in [3.05, 3.63) is 15.6 Å². The lowest BCUT2D eigenvalue weighted by molar-refractivity contribution is -0.168. The first-order valence-electron chi connectivity index (χ1n) is 5.65. The highest BCUT2D eigenvalue weighted by Crippen LogP contribution is 2.28. The molecule has 8 heteroatoms. The molecule has 0 N–H and O–H groups in total. The average Bonchev–Trinajstić information content (AvgIpc) is 2.73. The maximum atomic E-state index is 12.6. The van der Waals surface area contributed by atoms with Crippen LogP contribution in [0.25, 0.3) is 0 Å². The predicted octanol–water partition coefficient (Wildman–Crippen LogP) is 3.08. The molecule has 0 saturated heterocycles. The zero-order chi connectivity index (χ0) is 14.0. The summed E-state index contributed by atoms with van der Waals surface area (Å²) in [7, 11) is 0. The summed E-state index contributed by atoms with van der Waals surface area (Å²) in [4.78, 5) is 16.2. The molecule has 106 valence electrons. The van der Waals surface area contributed by atoms with Gasteiger partial charge in [-0.25, -0.2) is 13.8 Å². The molecule has 0 aliphatic heterocycles. The molecular formula is C11H11F4NO2S. The largest absolute Gasteiger partial charge is 0.368 e. The van der Waals surface area contributed by atoms with Crippen LogP contribution >= 0.6 is 11.3 Å². The Kier molecular flexibility index (Phi) is 4.19. The number of hydrogen-bond acceptors (Lipinski definition) is 4. The Morgan fingerprint density at radius 2 is 2.11 bits per heavy atom. The van der Waals surface area contributed by atoms with Crippen molar-refractivity contribution >= 4 is 17.1 Å². The quantitative estimate of drug-likeness (QED) is 0.784. The summed E-state index contributed by atoms with van der Waals surface area (Å²) in [5.41, 5.74) is 0.653. The number of thiazole rings is 1. The van der Waals surface area contributed by atoms with E-state index < -0.39 is 19.0 Å². The van der Waals surface area contributed by atoms with Crippen LogP contribution in [0.15, 0.2) is 0 Å². The van der Waals surface area contributed by atoms with Gasteiger partial charge in [0.15, 0.2) is 5.78 Å². The molecule has 2 rings (SSSR count). The molecule has 19 heavy (non-hydrogen) atoms. The fourth-order valence-electron chi connectivity index (χ4n) is 1.72. The first-order valence-corrected chi connectivity index (χ1v) is 6.47. The molecule has 1 aromatic rings. The molecule has 0 radical (unpaired) electrons. The van der Waals surface area contributed by atoms with E-state index in [0.29, 0.717) is 28.4 Å². The van der Waals surface area contributed by atoms with Gasteiger partial charge >= 0.3 is 12.3 Å². The minimum absolute atomic E-state index is 0.0112. The van der Waals surface area contributed by atoms with Crippen LogP contribution in [0.1, 0.15) is 33.2 Å². The number of carbonyl (C=O) groups is 1. The van der Waals surface area contributed by atoms with E-state index in [2.05, 4.69) is 9.72 Å². The first kappa shape index (κ1) is 14.4. The van der Waals surface area contributed by atoms with E-state index in [9.17, 15) is 22.4 Å². The van der Waals surface area contributed by atoms with Crippen molar-refractivity contribution in [1.82, 2.24) is 4.98 Å². The molecule has 1 aliphatic rings. The molecular weight excluding hydrogens is 286 g/mol. The number of alkyl halides is 4. The van der Waals surface area contributed by atoms with E-state index in [0.717, 1.165) is 17.8 Å². The molecule has 0 saturated carbocycles. The Bertz CT molecular complexity index is 475. The van der Waals surface area contributed by atoms with Gasteiger partial charge in [0.2, 0.25) is 0 Å². The minimum atomic E-state index is -4.16. The van der Waals surface area contributed by atoms with Gasteiger partial charge in [-0.1, -0.05) is 0 Å². The van der Waals surface area contributed by atoms with E-state index in [1.54, 1.807) is 0 Å². The summed E-state index contributed by atoms with van der Waals surface area (Å²) in [6.45, 7) is -1.64. The van der Waals surface area contributed by atoms with E-state index in [1.165, 1.54) is 0 Å². The zero-order valence-electron chi connectivity index (χ0n) is 9.80. The summed E-state index contributed by atoms with van der Waals surface area (Å²) in [5.74, 6) is -4.17. The maximum absolute atomic E-state index is 12.6. The van der Waals surface area contributed by atoms with Gasteiger partial charge in [0.1, 0.15) is 11.6 Å². The number of rotatable bonds is 5. The van der Waals surface area contributed by atoms with Crippen molar-refractivity contribution in [2.75, 3.05) is 6.61 Å². The molecule has 0 fully saturated rings. The average molecular weight is 297 g/mol. The number of carbonyl (C=O) groups excluding carboxylic acids is 1. The van der Waals surface area contributed by atoms with Crippen LogP contribution in [0.3, 0.4) is 0 Å². The minimum Gasteiger partial charge on any atom is -0.368 e. The summed E-state index contributed by atoms with van der Waals surface area (Å²) < 4.78 is 53.5. The summed E-state index contributed by atoms with van der Waals surface area (Å²) in [6, 6.07) is 0. The predicted molar refractivity (Wildman–Crippen MR) is 60.0 cm³/mol. The molecule has 0 spiro atoms. The number of Topliss-reactive ketones (excluding diaryl/α,β-unsaturated/α-hetero) is 1. The van der Waals surface area contributed by atoms with Crippen LogP contribution in [0.5, 0.6) is 0 Å². The van der Waals surface area contributed by atoms with Crippen molar-refractivity contribution in [1.29, 1.82) is 0 Å². The topological polar surface area (TPSA) is 39.2 Å². The van der Waals surface area contributed by atoms with E-state index in [1.807, 2.05) is 0 Å². The summed E-state index contributed by atoms with van der Waals surface area (Å²) in [6.07, 6.45) is -1.90. The van der Waals surface area contributed by atoms with Crippen LogP contribution < -0.4 is 0 Å². The molecule has 3 nitrogen and oxygen atoms in total. The number of ether oxygens (including phenoxy) is 1. The third-order valence-corrected chi connectivity index (χ3v) is 3.76. The van der Waals surface area contributed by atoms with Crippen LogP contribution in [0, 0.1) is 0 Å². The second-order valence-corrected chi connectivity index (χ2v) is 5.30. The Labute approximate surface area is 110 Å². The lowest BCUT2D eigenvalue weighted by atomic mass is 10.0. The molecule has 1 heterocycles. The molecule has 0 unspecified atom stereocenters. The molecule has 1 aromatic heterocycles. The van der Waals surface area contributed by atoms with Gasteiger partial charge in [0, 0.05) is 6.42 Å². The lowest BCUT2D eigenvalue weighted by Gasteiger charge is -2.14. The van der Waals surface area contributed by atoms with Gasteiger partial charge in [-0.3, -0.25) is 4.79 Å². The number of hydrogen-bond donors (Lipinski definition) is 0. The molecule has 0 aromatic carbocycles. The highest BCUT2D eigenvalue weighted by atomic mass is 32.1. The fourth-order valence-corrected chi connectivity index (χ4v) is 2.73. The molecule has 0 atom stereocenters. The number of aromatic nitrogens is 1. The first-order chi connectivity index (χ1) is 8.90. The van der Waals surface area contributed by atoms with Crippen LogP contribution in [0.4, 0.5) is 17.6 Å². The molecule has 0 amide bonds. The van der Waals surface area contributed by atoms with Crippen molar-refractivity contribution in [2.24, 2.45) is 0 Å². The van der Waals surface area contributed by atoms with Crippen LogP contribution in [0.2, 0.25) is 0 Å². The number of ketones is 1. The standard InChI is InChI=1S/C11H11F4NO2S/c12-10(13)11(14,15)5-18-4-8-16-6-2-1-3-7(17)9(6)19-8/h10H,1-5H2. The van der Waals surface area contributed by atoms with Crippen LogP contribution in [-0.4, -0.2) is 29.7 Å². The van der Waals surface area contributed by atoms with Crippen molar-refractivity contribution < 1.29 is 27.1 Å². The van der Waals surface area contributed by atoms with Crippen molar-refractivity contribution in [3.8, 4) is 0 Å². The SMILES string of the molecule is O=C1CCCc2nc(COCC(F)(F)C(F)F)sc21. The van der Waals surface area contributed by atoms with Gasteiger partial charge in [-0.2, -0.15) is 8.78 Å².